The van der Waals surface area contributed by atoms with Gasteiger partial charge in [-0.2, -0.15) is 0 Å². The van der Waals surface area contributed by atoms with Gasteiger partial charge in [0, 0.05) is 6.38 Å². The van der Waals surface area contributed by atoms with Gasteiger partial charge in [0.1, 0.15) is 0 Å². The van der Waals surface area contributed by atoms with Gasteiger partial charge in [0.2, 0.25) is 0 Å². The second-order valence-corrected chi connectivity index (χ2v) is 9.22. The van der Waals surface area contributed by atoms with Crippen molar-refractivity contribution >= 4 is 11.6 Å². The highest BCUT2D eigenvalue weighted by atomic mass is 35.5. The molecule has 3 fully saturated rings. The molecule has 1 heteroatoms. The van der Waals surface area contributed by atoms with Crippen LogP contribution >= 0.6 is 11.6 Å². The first kappa shape index (κ1) is 25.3. The van der Waals surface area contributed by atoms with E-state index >= 15 is 0 Å². The van der Waals surface area contributed by atoms with E-state index in [0.717, 1.165) is 29.6 Å². The summed E-state index contributed by atoms with van der Waals surface area (Å²) in [4.78, 5) is 0. The summed E-state index contributed by atoms with van der Waals surface area (Å²) in [5.74, 6) is 5.05. The molecule has 0 saturated heterocycles. The van der Waals surface area contributed by atoms with Crippen molar-refractivity contribution in [2.45, 2.75) is 118 Å². The lowest BCUT2D eigenvalue weighted by molar-refractivity contribution is 0.277. The number of alkyl halides is 1. The van der Waals surface area contributed by atoms with Crippen LogP contribution in [0.5, 0.6) is 0 Å². The average molecular weight is 373 g/mol. The molecule has 3 saturated carbocycles. The van der Waals surface area contributed by atoms with Gasteiger partial charge in [0.15, 0.2) is 0 Å². The molecule has 25 heavy (non-hydrogen) atoms. The molecule has 3 rings (SSSR count). The van der Waals surface area contributed by atoms with Crippen molar-refractivity contribution in [1.29, 1.82) is 0 Å². The first-order chi connectivity index (χ1) is 12.0. The summed E-state index contributed by atoms with van der Waals surface area (Å²) in [6, 6.07) is 0. The molecule has 4 atom stereocenters. The molecule has 0 N–H and O–H groups in total. The highest BCUT2D eigenvalue weighted by Crippen LogP contribution is 2.29. The smallest absolute Gasteiger partial charge is 0.0108 e. The Hall–Kier alpha value is 0.290. The van der Waals surface area contributed by atoms with Gasteiger partial charge in [-0.1, -0.05) is 118 Å². The van der Waals surface area contributed by atoms with Crippen LogP contribution in [0.4, 0.5) is 0 Å². The van der Waals surface area contributed by atoms with Crippen LogP contribution in [0.3, 0.4) is 0 Å². The highest BCUT2D eigenvalue weighted by molar-refractivity contribution is 6.15. The van der Waals surface area contributed by atoms with Crippen molar-refractivity contribution in [3.63, 3.8) is 0 Å². The number of rotatable bonds is 0. The van der Waals surface area contributed by atoms with E-state index < -0.39 is 0 Å². The zero-order chi connectivity index (χ0) is 19.1. The predicted molar refractivity (Wildman–Crippen MR) is 118 cm³/mol. The maximum atomic E-state index is 4.64. The molecule has 4 unspecified atom stereocenters. The van der Waals surface area contributed by atoms with Gasteiger partial charge in [0.05, 0.1) is 0 Å². The summed E-state index contributed by atoms with van der Waals surface area (Å²) in [7, 11) is 0. The number of hydrogen-bond donors (Lipinski definition) is 0. The molecule has 0 aromatic rings. The van der Waals surface area contributed by atoms with Gasteiger partial charge in [0.25, 0.3) is 0 Å². The summed E-state index contributed by atoms with van der Waals surface area (Å²) < 4.78 is 0. The summed E-state index contributed by atoms with van der Waals surface area (Å²) in [6.07, 6.45) is 20.7. The van der Waals surface area contributed by atoms with Crippen LogP contribution < -0.4 is 0 Å². The lowest BCUT2D eigenvalue weighted by Gasteiger charge is -2.24. The molecule has 3 aliphatic carbocycles. The van der Waals surface area contributed by atoms with Crippen molar-refractivity contribution in [1.82, 2.24) is 0 Å². The fourth-order valence-electron chi connectivity index (χ4n) is 4.31. The predicted octanol–water partition coefficient (Wildman–Crippen LogP) is 9.11. The minimum absolute atomic E-state index is 1.00. The monoisotopic (exact) mass is 372 g/mol. The molecule has 0 aromatic heterocycles. The first-order valence-corrected chi connectivity index (χ1v) is 12.1. The maximum absolute atomic E-state index is 4.64. The second kappa shape index (κ2) is 16.5. The molecule has 0 amide bonds. The Morgan fingerprint density at radius 1 is 0.400 bits per heavy atom. The minimum Gasteiger partial charge on any atom is -0.130 e. The molecule has 152 valence electrons. The van der Waals surface area contributed by atoms with Gasteiger partial charge in [-0.05, 0) is 29.6 Å². The molecule has 0 aromatic carbocycles. The van der Waals surface area contributed by atoms with Crippen LogP contribution in [-0.4, -0.2) is 6.38 Å². The van der Waals surface area contributed by atoms with Crippen LogP contribution in [0.2, 0.25) is 0 Å². The average Bonchev–Trinajstić information content (AvgIpc) is 2.64. The Labute approximate surface area is 165 Å². The fourth-order valence-corrected chi connectivity index (χ4v) is 4.31. The number of halogens is 1. The lowest BCUT2D eigenvalue weighted by atomic mass is 9.82. The number of hydrogen-bond acceptors (Lipinski definition) is 0. The Kier molecular flexibility index (Phi) is 16.7. The largest absolute Gasteiger partial charge is 0.130 e. The Balaban J connectivity index is 0.000000330. The lowest BCUT2D eigenvalue weighted by Crippen LogP contribution is -2.12. The normalized spacial score (nSPS) is 32.8. The summed E-state index contributed by atoms with van der Waals surface area (Å²) >= 11 is 4.64. The van der Waals surface area contributed by atoms with Crippen LogP contribution in [0, 0.1) is 29.6 Å². The van der Waals surface area contributed by atoms with Gasteiger partial charge in [-0.15, -0.1) is 11.6 Å². The van der Waals surface area contributed by atoms with E-state index in [4.69, 9.17) is 0 Å². The van der Waals surface area contributed by atoms with Crippen LogP contribution in [-0.2, 0) is 0 Å². The molecule has 0 heterocycles. The second-order valence-electron chi connectivity index (χ2n) is 9.22. The molecular formula is C24H49Cl. The molecule has 0 radical (unpaired) electrons. The van der Waals surface area contributed by atoms with Crippen LogP contribution in [0.1, 0.15) is 118 Å². The van der Waals surface area contributed by atoms with Gasteiger partial charge >= 0.3 is 0 Å². The Morgan fingerprint density at radius 3 is 0.800 bits per heavy atom. The highest BCUT2D eigenvalue weighted by Gasteiger charge is 2.16. The van der Waals surface area contributed by atoms with Gasteiger partial charge in [-0.25, -0.2) is 0 Å². The quantitative estimate of drug-likeness (QED) is 0.372. The van der Waals surface area contributed by atoms with Crippen molar-refractivity contribution in [3.8, 4) is 0 Å². The Morgan fingerprint density at radius 2 is 0.640 bits per heavy atom. The van der Waals surface area contributed by atoms with Crippen molar-refractivity contribution in [2.75, 3.05) is 6.38 Å². The van der Waals surface area contributed by atoms with Crippen molar-refractivity contribution in [2.24, 2.45) is 29.6 Å². The van der Waals surface area contributed by atoms with Crippen LogP contribution in [0.25, 0.3) is 0 Å². The topological polar surface area (TPSA) is 0 Å². The third-order valence-corrected chi connectivity index (χ3v) is 6.97. The zero-order valence-electron chi connectivity index (χ0n) is 18.5. The third-order valence-electron chi connectivity index (χ3n) is 6.97. The third kappa shape index (κ3) is 13.2. The molecule has 0 aliphatic heterocycles. The first-order valence-electron chi connectivity index (χ1n) is 11.4. The van der Waals surface area contributed by atoms with E-state index in [0.29, 0.717) is 0 Å². The van der Waals surface area contributed by atoms with Crippen LogP contribution in [0.15, 0.2) is 0 Å². The van der Waals surface area contributed by atoms with E-state index in [1.165, 1.54) is 89.9 Å². The van der Waals surface area contributed by atoms with Gasteiger partial charge in [-0.3, -0.25) is 0 Å². The minimum atomic E-state index is 1.00. The summed E-state index contributed by atoms with van der Waals surface area (Å²) in [5, 5.41) is 0. The zero-order valence-corrected chi connectivity index (χ0v) is 19.2. The van der Waals surface area contributed by atoms with E-state index in [1.807, 2.05) is 0 Å². The molecule has 3 aliphatic rings. The van der Waals surface area contributed by atoms with Crippen molar-refractivity contribution < 1.29 is 0 Å². The fraction of sp³-hybridized carbons (Fsp3) is 1.00. The molecular weight excluding hydrogens is 324 g/mol. The van der Waals surface area contributed by atoms with Gasteiger partial charge < -0.3 is 0 Å². The van der Waals surface area contributed by atoms with E-state index in [-0.39, 0.29) is 0 Å². The van der Waals surface area contributed by atoms with E-state index in [1.54, 1.807) is 0 Å². The standard InChI is InChI=1S/2C8H16.C7H14.CH3Cl/c2*1-7-5-3-4-6-8(7)2;1-7-5-3-2-4-6-7;1-2/h2*7-8H,3-6H2,1-2H3;7H,2-6H2,1H3;1H3. The SMILES string of the molecule is CC1CCCCC1.CC1CCCCC1C.CC1CCCCC1C.CCl. The van der Waals surface area contributed by atoms with Crippen molar-refractivity contribution in [3.05, 3.63) is 0 Å². The molecule has 0 bridgehead atoms. The van der Waals surface area contributed by atoms with E-state index in [9.17, 15) is 0 Å². The molecule has 0 spiro atoms. The Bertz CT molecular complexity index is 229. The molecule has 0 nitrogen and oxygen atoms in total. The summed E-state index contributed by atoms with van der Waals surface area (Å²) in [6.45, 7) is 11.9. The van der Waals surface area contributed by atoms with E-state index in [2.05, 4.69) is 46.2 Å². The maximum Gasteiger partial charge on any atom is 0.0108 e. The summed E-state index contributed by atoms with van der Waals surface area (Å²) in [5.41, 5.74) is 0.